The highest BCUT2D eigenvalue weighted by Crippen LogP contribution is 2.26. The van der Waals surface area contributed by atoms with Gasteiger partial charge in [0.05, 0.1) is 0 Å². The average Bonchev–Trinajstić information content (AvgIpc) is 2.61. The Hall–Kier alpha value is -2.78. The van der Waals surface area contributed by atoms with Crippen LogP contribution in [-0.2, 0) is 0 Å². The molecule has 0 saturated carbocycles. The van der Waals surface area contributed by atoms with Gasteiger partial charge in [0.1, 0.15) is 5.82 Å². The molecule has 0 aliphatic rings. The van der Waals surface area contributed by atoms with Crippen molar-refractivity contribution < 1.29 is 0 Å². The first-order valence-corrected chi connectivity index (χ1v) is 8.05. The molecular formula is C20H14ClN3. The zero-order chi connectivity index (χ0) is 16.5. The van der Waals surface area contributed by atoms with Crippen LogP contribution < -0.4 is 0 Å². The summed E-state index contributed by atoms with van der Waals surface area (Å²) in [6.07, 6.45) is 0. The fourth-order valence-corrected chi connectivity index (χ4v) is 2.96. The Morgan fingerprint density at radius 1 is 0.667 bits per heavy atom. The second-order valence-corrected chi connectivity index (χ2v) is 5.95. The predicted octanol–water partition coefficient (Wildman–Crippen LogP) is 5.32. The standard InChI is InChI=1S/C20H14ClN3/c1-13-22-19(24-20(21)23-13)16-9-6-15(7-10-16)18-11-8-14-4-2-3-5-17(14)12-18/h2-12H,1H3. The lowest BCUT2D eigenvalue weighted by Gasteiger charge is -2.06. The summed E-state index contributed by atoms with van der Waals surface area (Å²) in [5, 5.41) is 2.70. The summed E-state index contributed by atoms with van der Waals surface area (Å²) in [5.74, 6) is 1.21. The van der Waals surface area contributed by atoms with Gasteiger partial charge in [0.15, 0.2) is 5.82 Å². The molecule has 0 amide bonds. The van der Waals surface area contributed by atoms with Crippen LogP contribution >= 0.6 is 11.6 Å². The molecule has 0 fully saturated rings. The molecule has 4 aromatic rings. The van der Waals surface area contributed by atoms with Crippen LogP contribution in [0.1, 0.15) is 5.82 Å². The van der Waals surface area contributed by atoms with Crippen molar-refractivity contribution in [1.82, 2.24) is 15.0 Å². The third kappa shape index (κ3) is 2.86. The number of halogens is 1. The summed E-state index contributed by atoms with van der Waals surface area (Å²) >= 11 is 5.92. The largest absolute Gasteiger partial charge is 0.226 e. The van der Waals surface area contributed by atoms with Gasteiger partial charge in [-0.3, -0.25) is 0 Å². The van der Waals surface area contributed by atoms with E-state index >= 15 is 0 Å². The Kier molecular flexibility index (Phi) is 3.71. The Labute approximate surface area is 145 Å². The molecule has 0 spiro atoms. The Morgan fingerprint density at radius 2 is 1.33 bits per heavy atom. The predicted molar refractivity (Wildman–Crippen MR) is 98.0 cm³/mol. The van der Waals surface area contributed by atoms with Gasteiger partial charge in [0, 0.05) is 5.56 Å². The molecule has 0 unspecified atom stereocenters. The van der Waals surface area contributed by atoms with E-state index in [1.807, 2.05) is 12.1 Å². The zero-order valence-corrected chi connectivity index (χ0v) is 13.8. The normalized spacial score (nSPS) is 10.9. The van der Waals surface area contributed by atoms with Gasteiger partial charge in [0.25, 0.3) is 0 Å². The van der Waals surface area contributed by atoms with E-state index in [0.29, 0.717) is 11.6 Å². The van der Waals surface area contributed by atoms with Gasteiger partial charge in [-0.05, 0) is 46.5 Å². The number of hydrogen-bond donors (Lipinski definition) is 0. The van der Waals surface area contributed by atoms with Crippen molar-refractivity contribution in [2.24, 2.45) is 0 Å². The molecule has 0 N–H and O–H groups in total. The lowest BCUT2D eigenvalue weighted by molar-refractivity contribution is 0.984. The van der Waals surface area contributed by atoms with Crippen molar-refractivity contribution in [2.75, 3.05) is 0 Å². The number of aromatic nitrogens is 3. The van der Waals surface area contributed by atoms with Gasteiger partial charge >= 0.3 is 0 Å². The van der Waals surface area contributed by atoms with E-state index in [-0.39, 0.29) is 5.28 Å². The van der Waals surface area contributed by atoms with E-state index in [2.05, 4.69) is 69.5 Å². The van der Waals surface area contributed by atoms with Gasteiger partial charge in [-0.15, -0.1) is 0 Å². The monoisotopic (exact) mass is 331 g/mol. The summed E-state index contributed by atoms with van der Waals surface area (Å²) < 4.78 is 0. The molecule has 0 bridgehead atoms. The van der Waals surface area contributed by atoms with Gasteiger partial charge < -0.3 is 0 Å². The molecule has 3 nitrogen and oxygen atoms in total. The van der Waals surface area contributed by atoms with Crippen molar-refractivity contribution in [3.8, 4) is 22.5 Å². The number of fused-ring (bicyclic) bond motifs is 1. The minimum Gasteiger partial charge on any atom is -0.213 e. The quantitative estimate of drug-likeness (QED) is 0.499. The van der Waals surface area contributed by atoms with Gasteiger partial charge in [0.2, 0.25) is 5.28 Å². The van der Waals surface area contributed by atoms with Crippen LogP contribution in [0.5, 0.6) is 0 Å². The molecule has 0 atom stereocenters. The van der Waals surface area contributed by atoms with Gasteiger partial charge in [-0.1, -0.05) is 60.7 Å². The van der Waals surface area contributed by atoms with Crippen molar-refractivity contribution >= 4 is 22.4 Å². The summed E-state index contributed by atoms with van der Waals surface area (Å²) in [7, 11) is 0. The van der Waals surface area contributed by atoms with E-state index in [9.17, 15) is 0 Å². The number of aryl methyl sites for hydroxylation is 1. The number of nitrogens with zero attached hydrogens (tertiary/aromatic N) is 3. The Bertz CT molecular complexity index is 1010. The van der Waals surface area contributed by atoms with E-state index in [4.69, 9.17) is 11.6 Å². The first-order valence-electron chi connectivity index (χ1n) is 7.67. The van der Waals surface area contributed by atoms with Gasteiger partial charge in [-0.25, -0.2) is 9.97 Å². The molecule has 4 heteroatoms. The van der Waals surface area contributed by atoms with Crippen LogP contribution in [0.4, 0.5) is 0 Å². The van der Waals surface area contributed by atoms with Crippen LogP contribution in [0.25, 0.3) is 33.3 Å². The van der Waals surface area contributed by atoms with E-state index in [1.165, 1.54) is 16.3 Å². The van der Waals surface area contributed by atoms with Crippen LogP contribution in [0.2, 0.25) is 5.28 Å². The lowest BCUT2D eigenvalue weighted by atomic mass is 10.0. The van der Waals surface area contributed by atoms with Crippen molar-refractivity contribution in [3.05, 3.63) is 77.8 Å². The van der Waals surface area contributed by atoms with Gasteiger partial charge in [-0.2, -0.15) is 4.98 Å². The maximum Gasteiger partial charge on any atom is 0.226 e. The SMILES string of the molecule is Cc1nc(Cl)nc(-c2ccc(-c3ccc4ccccc4c3)cc2)n1. The van der Waals surface area contributed by atoms with E-state index in [1.54, 1.807) is 6.92 Å². The third-order valence-electron chi connectivity index (χ3n) is 3.95. The third-order valence-corrected chi connectivity index (χ3v) is 4.11. The molecule has 0 saturated heterocycles. The average molecular weight is 332 g/mol. The van der Waals surface area contributed by atoms with Crippen molar-refractivity contribution in [2.45, 2.75) is 6.92 Å². The zero-order valence-electron chi connectivity index (χ0n) is 13.1. The van der Waals surface area contributed by atoms with Crippen LogP contribution in [0.15, 0.2) is 66.7 Å². The number of hydrogen-bond acceptors (Lipinski definition) is 3. The molecule has 1 aromatic heterocycles. The first-order chi connectivity index (χ1) is 11.7. The molecule has 0 radical (unpaired) electrons. The summed E-state index contributed by atoms with van der Waals surface area (Å²) in [6, 6.07) is 23.0. The first kappa shape index (κ1) is 14.8. The van der Waals surface area contributed by atoms with E-state index < -0.39 is 0 Å². The summed E-state index contributed by atoms with van der Waals surface area (Å²) in [5.41, 5.74) is 3.26. The van der Waals surface area contributed by atoms with Crippen LogP contribution in [0.3, 0.4) is 0 Å². The molecule has 116 valence electrons. The summed E-state index contributed by atoms with van der Waals surface area (Å²) in [4.78, 5) is 12.5. The number of benzene rings is 3. The summed E-state index contributed by atoms with van der Waals surface area (Å²) in [6.45, 7) is 1.81. The maximum atomic E-state index is 5.92. The smallest absolute Gasteiger partial charge is 0.213 e. The lowest BCUT2D eigenvalue weighted by Crippen LogP contribution is -1.96. The van der Waals surface area contributed by atoms with Crippen LogP contribution in [-0.4, -0.2) is 15.0 Å². The minimum atomic E-state index is 0.219. The minimum absolute atomic E-state index is 0.219. The highest BCUT2D eigenvalue weighted by molar-refractivity contribution is 6.28. The highest BCUT2D eigenvalue weighted by atomic mass is 35.5. The molecule has 1 heterocycles. The van der Waals surface area contributed by atoms with Crippen LogP contribution in [0, 0.1) is 6.92 Å². The van der Waals surface area contributed by atoms with Crippen molar-refractivity contribution in [1.29, 1.82) is 0 Å². The number of rotatable bonds is 2. The van der Waals surface area contributed by atoms with Crippen molar-refractivity contribution in [3.63, 3.8) is 0 Å². The maximum absolute atomic E-state index is 5.92. The fourth-order valence-electron chi connectivity index (χ4n) is 2.76. The fraction of sp³-hybridized carbons (Fsp3) is 0.0500. The van der Waals surface area contributed by atoms with E-state index in [0.717, 1.165) is 11.1 Å². The molecule has 3 aromatic carbocycles. The molecule has 4 rings (SSSR count). The Morgan fingerprint density at radius 3 is 2.08 bits per heavy atom. The molecular weight excluding hydrogens is 318 g/mol. The topological polar surface area (TPSA) is 38.7 Å². The molecule has 24 heavy (non-hydrogen) atoms. The second-order valence-electron chi connectivity index (χ2n) is 5.61. The molecule has 0 aliphatic heterocycles. The highest BCUT2D eigenvalue weighted by Gasteiger charge is 2.06. The second kappa shape index (κ2) is 6.02. The Balaban J connectivity index is 1.72. The molecule has 0 aliphatic carbocycles.